The molecule has 0 radical (unpaired) electrons. The number of benzene rings is 2. The number of pyridine rings is 1. The zero-order chi connectivity index (χ0) is 21.4. The van der Waals surface area contributed by atoms with Gasteiger partial charge in [-0.2, -0.15) is 5.10 Å². The van der Waals surface area contributed by atoms with E-state index in [0.29, 0.717) is 36.8 Å². The lowest BCUT2D eigenvalue weighted by Gasteiger charge is -2.20. The minimum absolute atomic E-state index is 0.0683. The predicted octanol–water partition coefficient (Wildman–Crippen LogP) is 3.68. The Kier molecular flexibility index (Phi) is 4.78. The van der Waals surface area contributed by atoms with E-state index >= 15 is 0 Å². The molecule has 2 aromatic heterocycles. The largest absolute Gasteiger partial charge is 0.486 e. The van der Waals surface area contributed by atoms with Gasteiger partial charge in [0.25, 0.3) is 5.91 Å². The maximum Gasteiger partial charge on any atom is 0.254 e. The van der Waals surface area contributed by atoms with Gasteiger partial charge in [0.05, 0.1) is 23.0 Å². The topological polar surface area (TPSA) is 69.5 Å². The molecule has 0 atom stereocenters. The average molecular weight is 414 g/mol. The van der Waals surface area contributed by atoms with E-state index in [0.717, 1.165) is 27.8 Å². The highest BCUT2D eigenvalue weighted by atomic mass is 16.6. The van der Waals surface area contributed by atoms with Gasteiger partial charge >= 0.3 is 0 Å². The lowest BCUT2D eigenvalue weighted by atomic mass is 10.0. The highest BCUT2D eigenvalue weighted by Gasteiger charge is 2.19. The normalized spacial score (nSPS) is 12.7. The molecule has 0 unspecified atom stereocenters. The summed E-state index contributed by atoms with van der Waals surface area (Å²) < 4.78 is 13.1. The number of aromatic nitrogens is 3. The highest BCUT2D eigenvalue weighted by molar-refractivity contribution is 6.07. The van der Waals surface area contributed by atoms with Gasteiger partial charge in [0, 0.05) is 43.4 Å². The van der Waals surface area contributed by atoms with Gasteiger partial charge < -0.3 is 14.4 Å². The Morgan fingerprint density at radius 3 is 2.71 bits per heavy atom. The molecule has 5 rings (SSSR count). The molecule has 0 bridgehead atoms. The van der Waals surface area contributed by atoms with E-state index in [1.54, 1.807) is 22.8 Å². The summed E-state index contributed by atoms with van der Waals surface area (Å²) >= 11 is 0. The first-order valence-electron chi connectivity index (χ1n) is 10.1. The smallest absolute Gasteiger partial charge is 0.254 e. The quantitative estimate of drug-likeness (QED) is 0.510. The molecule has 0 fully saturated rings. The molecule has 4 aromatic rings. The highest BCUT2D eigenvalue weighted by Crippen LogP contribution is 2.35. The van der Waals surface area contributed by atoms with Gasteiger partial charge in [-0.05, 0) is 30.3 Å². The van der Waals surface area contributed by atoms with Crippen molar-refractivity contribution in [3.05, 3.63) is 72.1 Å². The molecule has 0 spiro atoms. The molecular formula is C24H22N4O3. The van der Waals surface area contributed by atoms with Gasteiger partial charge in [0.2, 0.25) is 0 Å². The van der Waals surface area contributed by atoms with Crippen LogP contribution in [0, 0.1) is 0 Å². The molecule has 7 heteroatoms. The molecule has 3 heterocycles. The fraction of sp³-hybridized carbons (Fsp3) is 0.208. The molecule has 7 nitrogen and oxygen atoms in total. The molecule has 0 aliphatic carbocycles. The van der Waals surface area contributed by atoms with Crippen LogP contribution in [0.1, 0.15) is 15.9 Å². The van der Waals surface area contributed by atoms with E-state index in [-0.39, 0.29) is 5.91 Å². The van der Waals surface area contributed by atoms with E-state index in [2.05, 4.69) is 5.10 Å². The number of carbonyl (C=O) groups excluding carboxylic acids is 1. The van der Waals surface area contributed by atoms with Crippen LogP contribution in [0.4, 0.5) is 0 Å². The Hall–Kier alpha value is -3.87. The third kappa shape index (κ3) is 3.70. The van der Waals surface area contributed by atoms with Crippen LogP contribution in [0.2, 0.25) is 0 Å². The molecule has 0 N–H and O–H groups in total. The summed E-state index contributed by atoms with van der Waals surface area (Å²) in [5, 5.41) is 5.01. The maximum absolute atomic E-state index is 13.4. The van der Waals surface area contributed by atoms with E-state index in [4.69, 9.17) is 14.5 Å². The number of para-hydroxylation sites is 1. The number of amides is 1. The first-order chi connectivity index (χ1) is 15.1. The van der Waals surface area contributed by atoms with Crippen LogP contribution in [0.5, 0.6) is 11.5 Å². The minimum atomic E-state index is -0.0683. The number of hydrogen-bond acceptors (Lipinski definition) is 5. The third-order valence-corrected chi connectivity index (χ3v) is 5.31. The Balaban J connectivity index is 1.55. The van der Waals surface area contributed by atoms with Crippen molar-refractivity contribution in [3.8, 4) is 22.8 Å². The summed E-state index contributed by atoms with van der Waals surface area (Å²) in [7, 11) is 3.66. The first kappa shape index (κ1) is 19.1. The van der Waals surface area contributed by atoms with Crippen molar-refractivity contribution in [2.45, 2.75) is 6.54 Å². The van der Waals surface area contributed by atoms with Crippen LogP contribution in [0.15, 0.2) is 60.9 Å². The van der Waals surface area contributed by atoms with Crippen molar-refractivity contribution in [1.29, 1.82) is 0 Å². The fourth-order valence-electron chi connectivity index (χ4n) is 3.81. The lowest BCUT2D eigenvalue weighted by molar-refractivity contribution is 0.0787. The SMILES string of the molecule is CN(Cc1cnn(C)c1)C(=O)c1cc(-c2ccc3c(c2)OCCO3)nc2ccccc12. The minimum Gasteiger partial charge on any atom is -0.486 e. The molecular weight excluding hydrogens is 392 g/mol. The third-order valence-electron chi connectivity index (χ3n) is 5.31. The Morgan fingerprint density at radius 1 is 1.10 bits per heavy atom. The fourth-order valence-corrected chi connectivity index (χ4v) is 3.81. The number of nitrogens with zero attached hydrogens (tertiary/aromatic N) is 4. The van der Waals surface area contributed by atoms with Gasteiger partial charge in [0.15, 0.2) is 11.5 Å². The second-order valence-electron chi connectivity index (χ2n) is 7.61. The first-order valence-corrected chi connectivity index (χ1v) is 10.1. The molecule has 0 saturated heterocycles. The van der Waals surface area contributed by atoms with Crippen LogP contribution in [-0.4, -0.2) is 45.8 Å². The lowest BCUT2D eigenvalue weighted by Crippen LogP contribution is -2.26. The van der Waals surface area contributed by atoms with Crippen molar-refractivity contribution >= 4 is 16.8 Å². The van der Waals surface area contributed by atoms with Crippen LogP contribution >= 0.6 is 0 Å². The number of ether oxygens (including phenoxy) is 2. The average Bonchev–Trinajstić information content (AvgIpc) is 3.21. The maximum atomic E-state index is 13.4. The van der Waals surface area contributed by atoms with Crippen molar-refractivity contribution in [2.24, 2.45) is 7.05 Å². The molecule has 156 valence electrons. The summed E-state index contributed by atoms with van der Waals surface area (Å²) in [5.41, 5.74) is 3.95. The number of aryl methyl sites for hydroxylation is 1. The molecule has 2 aromatic carbocycles. The second kappa shape index (κ2) is 7.75. The Morgan fingerprint density at radius 2 is 1.90 bits per heavy atom. The number of rotatable bonds is 4. The van der Waals surface area contributed by atoms with E-state index in [1.807, 2.05) is 61.8 Å². The van der Waals surface area contributed by atoms with Crippen molar-refractivity contribution < 1.29 is 14.3 Å². The van der Waals surface area contributed by atoms with Gasteiger partial charge in [-0.25, -0.2) is 4.98 Å². The number of fused-ring (bicyclic) bond motifs is 2. The van der Waals surface area contributed by atoms with E-state index in [9.17, 15) is 4.79 Å². The molecule has 0 saturated carbocycles. The summed E-state index contributed by atoms with van der Waals surface area (Å²) in [6.07, 6.45) is 3.68. The number of hydrogen-bond donors (Lipinski definition) is 0. The van der Waals surface area contributed by atoms with Crippen LogP contribution in [0.3, 0.4) is 0 Å². The molecule has 1 aliphatic rings. The van der Waals surface area contributed by atoms with Crippen LogP contribution < -0.4 is 9.47 Å². The van der Waals surface area contributed by atoms with Crippen molar-refractivity contribution in [2.75, 3.05) is 20.3 Å². The summed E-state index contributed by atoms with van der Waals surface area (Å²) in [6, 6.07) is 15.3. The Labute approximate surface area is 179 Å². The van der Waals surface area contributed by atoms with Crippen LogP contribution in [0.25, 0.3) is 22.2 Å². The summed E-state index contributed by atoms with van der Waals surface area (Å²) in [5.74, 6) is 1.35. The monoisotopic (exact) mass is 414 g/mol. The number of carbonyl (C=O) groups is 1. The van der Waals surface area contributed by atoms with Crippen molar-refractivity contribution in [3.63, 3.8) is 0 Å². The van der Waals surface area contributed by atoms with Crippen molar-refractivity contribution in [1.82, 2.24) is 19.7 Å². The zero-order valence-electron chi connectivity index (χ0n) is 17.4. The standard InChI is InChI=1S/C24H22N4O3/c1-27(14-16-13-25-28(2)15-16)24(29)19-12-21(26-20-6-4-3-5-18(19)20)17-7-8-22-23(11-17)31-10-9-30-22/h3-8,11-13,15H,9-10,14H2,1-2H3. The van der Waals surface area contributed by atoms with Gasteiger partial charge in [0.1, 0.15) is 13.2 Å². The second-order valence-corrected chi connectivity index (χ2v) is 7.61. The Bertz CT molecular complexity index is 1280. The van der Waals surface area contributed by atoms with Gasteiger partial charge in [-0.3, -0.25) is 9.48 Å². The van der Waals surface area contributed by atoms with E-state index in [1.165, 1.54) is 0 Å². The summed E-state index contributed by atoms with van der Waals surface area (Å²) in [6.45, 7) is 1.54. The molecule has 1 aliphatic heterocycles. The van der Waals surface area contributed by atoms with Gasteiger partial charge in [-0.1, -0.05) is 18.2 Å². The zero-order valence-corrected chi connectivity index (χ0v) is 17.4. The van der Waals surface area contributed by atoms with Gasteiger partial charge in [-0.15, -0.1) is 0 Å². The van der Waals surface area contributed by atoms with Crippen LogP contribution in [-0.2, 0) is 13.6 Å². The molecule has 31 heavy (non-hydrogen) atoms. The summed E-state index contributed by atoms with van der Waals surface area (Å²) in [4.78, 5) is 19.9. The predicted molar refractivity (Wildman–Crippen MR) is 117 cm³/mol. The molecule has 1 amide bonds. The van der Waals surface area contributed by atoms with E-state index < -0.39 is 0 Å².